The van der Waals surface area contributed by atoms with Crippen molar-refractivity contribution in [3.8, 4) is 0 Å². The van der Waals surface area contributed by atoms with E-state index in [2.05, 4.69) is 5.32 Å². The molecule has 1 unspecified atom stereocenters. The topological polar surface area (TPSA) is 101 Å². The van der Waals surface area contributed by atoms with Crippen molar-refractivity contribution in [3.63, 3.8) is 0 Å². The summed E-state index contributed by atoms with van der Waals surface area (Å²) in [6.07, 6.45) is 2.57. The van der Waals surface area contributed by atoms with Crippen molar-refractivity contribution in [1.82, 2.24) is 5.32 Å². The monoisotopic (exact) mass is 323 g/mol. The van der Waals surface area contributed by atoms with E-state index in [1.54, 1.807) is 0 Å². The van der Waals surface area contributed by atoms with Crippen LogP contribution in [0.3, 0.4) is 0 Å². The van der Waals surface area contributed by atoms with Crippen LogP contribution in [0.1, 0.15) is 32.6 Å². The summed E-state index contributed by atoms with van der Waals surface area (Å²) in [5.74, 6) is -1.54. The van der Waals surface area contributed by atoms with Crippen LogP contribution in [0, 0.1) is 0 Å². The molecule has 0 aromatic carbocycles. The van der Waals surface area contributed by atoms with Crippen LogP contribution in [-0.2, 0) is 19.4 Å². The molecule has 1 atom stereocenters. The lowest BCUT2D eigenvalue weighted by Gasteiger charge is -2.24. The number of carbonyl (C=O) groups is 2. The van der Waals surface area contributed by atoms with Gasteiger partial charge in [0.05, 0.1) is 5.75 Å². The summed E-state index contributed by atoms with van der Waals surface area (Å²) in [5, 5.41) is 11.6. The first-order valence-electron chi connectivity index (χ1n) is 6.64. The van der Waals surface area contributed by atoms with Crippen molar-refractivity contribution in [3.05, 3.63) is 0 Å². The number of unbranched alkanes of at least 4 members (excludes halogenated alkanes) is 2. The SMILES string of the molecule is CCCCCS(=O)(=O)CC(=O)NC1(C(=O)O)CCSC1. The van der Waals surface area contributed by atoms with Gasteiger partial charge < -0.3 is 10.4 Å². The minimum atomic E-state index is -3.46. The number of hydrogen-bond donors (Lipinski definition) is 2. The molecule has 0 saturated carbocycles. The first-order chi connectivity index (χ1) is 9.31. The van der Waals surface area contributed by atoms with Crippen molar-refractivity contribution in [1.29, 1.82) is 0 Å². The van der Waals surface area contributed by atoms with E-state index < -0.39 is 33.0 Å². The molecule has 1 aliphatic rings. The van der Waals surface area contributed by atoms with Crippen LogP contribution in [-0.4, -0.2) is 54.0 Å². The lowest BCUT2D eigenvalue weighted by Crippen LogP contribution is -2.56. The average molecular weight is 323 g/mol. The number of amides is 1. The highest BCUT2D eigenvalue weighted by Crippen LogP contribution is 2.28. The lowest BCUT2D eigenvalue weighted by atomic mass is 9.99. The molecule has 116 valence electrons. The number of rotatable bonds is 8. The van der Waals surface area contributed by atoms with Crippen molar-refractivity contribution in [2.45, 2.75) is 38.1 Å². The Bertz CT molecular complexity index is 454. The van der Waals surface area contributed by atoms with E-state index in [-0.39, 0.29) is 11.5 Å². The van der Waals surface area contributed by atoms with Gasteiger partial charge in [0, 0.05) is 5.75 Å². The van der Waals surface area contributed by atoms with Gasteiger partial charge in [0.25, 0.3) is 0 Å². The molecule has 1 heterocycles. The lowest BCUT2D eigenvalue weighted by molar-refractivity contribution is -0.146. The Morgan fingerprint density at radius 1 is 1.35 bits per heavy atom. The molecule has 0 radical (unpaired) electrons. The molecule has 1 fully saturated rings. The summed E-state index contributed by atoms with van der Waals surface area (Å²) in [5.41, 5.74) is -1.30. The minimum absolute atomic E-state index is 0.0247. The standard InChI is InChI=1S/C12H21NO5S2/c1-2-3-4-7-20(17,18)8-10(14)13-12(11(15)16)5-6-19-9-12/h2-9H2,1H3,(H,13,14)(H,15,16). The number of thioether (sulfide) groups is 1. The molecule has 1 aliphatic heterocycles. The van der Waals surface area contributed by atoms with Crippen molar-refractivity contribution in [2.75, 3.05) is 23.0 Å². The molecular weight excluding hydrogens is 302 g/mol. The van der Waals surface area contributed by atoms with E-state index >= 15 is 0 Å². The normalized spacial score (nSPS) is 22.6. The van der Waals surface area contributed by atoms with E-state index in [1.807, 2.05) is 6.92 Å². The van der Waals surface area contributed by atoms with E-state index in [9.17, 15) is 23.1 Å². The number of nitrogens with one attached hydrogen (secondary N) is 1. The molecule has 0 aliphatic carbocycles. The molecule has 0 spiro atoms. The summed E-state index contributed by atoms with van der Waals surface area (Å²) in [6, 6.07) is 0. The number of carboxylic acid groups (broad SMARTS) is 1. The first-order valence-corrected chi connectivity index (χ1v) is 9.61. The Hall–Kier alpha value is -0.760. The minimum Gasteiger partial charge on any atom is -0.479 e. The van der Waals surface area contributed by atoms with E-state index in [4.69, 9.17) is 0 Å². The van der Waals surface area contributed by atoms with E-state index in [0.29, 0.717) is 18.6 Å². The van der Waals surface area contributed by atoms with Crippen molar-refractivity contribution < 1.29 is 23.1 Å². The molecule has 1 saturated heterocycles. The second-order valence-corrected chi connectivity index (χ2v) is 8.33. The maximum absolute atomic E-state index is 11.8. The van der Waals surface area contributed by atoms with Gasteiger partial charge in [0.15, 0.2) is 9.84 Å². The second-order valence-electron chi connectivity index (χ2n) is 5.04. The number of aliphatic carboxylic acids is 1. The van der Waals surface area contributed by atoms with Crippen LogP contribution in [0.4, 0.5) is 0 Å². The third-order valence-electron chi connectivity index (χ3n) is 3.22. The highest BCUT2D eigenvalue weighted by molar-refractivity contribution is 7.99. The van der Waals surface area contributed by atoms with Crippen LogP contribution in [0.25, 0.3) is 0 Å². The largest absolute Gasteiger partial charge is 0.479 e. The van der Waals surface area contributed by atoms with Crippen molar-refractivity contribution >= 4 is 33.5 Å². The molecule has 8 heteroatoms. The number of carboxylic acids is 1. The van der Waals surface area contributed by atoms with Gasteiger partial charge in [0.1, 0.15) is 11.3 Å². The molecular formula is C12H21NO5S2. The second kappa shape index (κ2) is 7.31. The van der Waals surface area contributed by atoms with Gasteiger partial charge in [-0.1, -0.05) is 19.8 Å². The van der Waals surface area contributed by atoms with Gasteiger partial charge >= 0.3 is 5.97 Å². The first kappa shape index (κ1) is 17.3. The smallest absolute Gasteiger partial charge is 0.330 e. The Labute approximate surface area is 123 Å². The number of carbonyl (C=O) groups excluding carboxylic acids is 1. The van der Waals surface area contributed by atoms with Gasteiger partial charge in [-0.15, -0.1) is 0 Å². The molecule has 0 aromatic rings. The van der Waals surface area contributed by atoms with Crippen LogP contribution >= 0.6 is 11.8 Å². The maximum atomic E-state index is 11.8. The molecule has 6 nitrogen and oxygen atoms in total. The highest BCUT2D eigenvalue weighted by atomic mass is 32.2. The van der Waals surface area contributed by atoms with Gasteiger partial charge in [-0.25, -0.2) is 13.2 Å². The summed E-state index contributed by atoms with van der Waals surface area (Å²) in [4.78, 5) is 23.1. The summed E-state index contributed by atoms with van der Waals surface area (Å²) in [7, 11) is -3.46. The fraction of sp³-hybridized carbons (Fsp3) is 0.833. The zero-order valence-electron chi connectivity index (χ0n) is 11.6. The van der Waals surface area contributed by atoms with Gasteiger partial charge in [-0.3, -0.25) is 4.79 Å². The maximum Gasteiger partial charge on any atom is 0.330 e. The van der Waals surface area contributed by atoms with Crippen LogP contribution in [0.15, 0.2) is 0 Å². The predicted molar refractivity (Wildman–Crippen MR) is 78.6 cm³/mol. The highest BCUT2D eigenvalue weighted by Gasteiger charge is 2.43. The quantitative estimate of drug-likeness (QED) is 0.637. The number of hydrogen-bond acceptors (Lipinski definition) is 5. The predicted octanol–water partition coefficient (Wildman–Crippen LogP) is 0.668. The Morgan fingerprint density at radius 2 is 2.05 bits per heavy atom. The Balaban J connectivity index is 2.56. The molecule has 0 aromatic heterocycles. The zero-order valence-corrected chi connectivity index (χ0v) is 13.2. The molecule has 2 N–H and O–H groups in total. The van der Waals surface area contributed by atoms with Crippen LogP contribution in [0.5, 0.6) is 0 Å². The molecule has 1 rings (SSSR count). The summed E-state index contributed by atoms with van der Waals surface area (Å²) >= 11 is 1.44. The zero-order chi connectivity index (χ0) is 15.2. The van der Waals surface area contributed by atoms with E-state index in [0.717, 1.165) is 12.8 Å². The molecule has 20 heavy (non-hydrogen) atoms. The number of sulfone groups is 1. The summed E-state index contributed by atoms with van der Waals surface area (Å²) < 4.78 is 23.5. The fourth-order valence-electron chi connectivity index (χ4n) is 2.03. The van der Waals surface area contributed by atoms with Gasteiger partial charge in [-0.05, 0) is 18.6 Å². The Kier molecular flexibility index (Phi) is 6.32. The van der Waals surface area contributed by atoms with Crippen LogP contribution < -0.4 is 5.32 Å². The third kappa shape index (κ3) is 4.97. The van der Waals surface area contributed by atoms with E-state index in [1.165, 1.54) is 11.8 Å². The van der Waals surface area contributed by atoms with Crippen molar-refractivity contribution in [2.24, 2.45) is 0 Å². The molecule has 1 amide bonds. The Morgan fingerprint density at radius 3 is 2.55 bits per heavy atom. The van der Waals surface area contributed by atoms with Gasteiger partial charge in [-0.2, -0.15) is 11.8 Å². The summed E-state index contributed by atoms with van der Waals surface area (Å²) in [6.45, 7) is 1.97. The van der Waals surface area contributed by atoms with Gasteiger partial charge in [0.2, 0.25) is 5.91 Å². The fourth-order valence-corrected chi connectivity index (χ4v) is 4.62. The third-order valence-corrected chi connectivity index (χ3v) is 6.02. The van der Waals surface area contributed by atoms with Crippen LogP contribution in [0.2, 0.25) is 0 Å². The molecule has 0 bridgehead atoms. The average Bonchev–Trinajstić information content (AvgIpc) is 2.78.